The highest BCUT2D eigenvalue weighted by molar-refractivity contribution is 7.98. The van der Waals surface area contributed by atoms with Gasteiger partial charge in [0, 0.05) is 10.8 Å². The zero-order valence-electron chi connectivity index (χ0n) is 14.9. The molecule has 0 fully saturated rings. The molecular weight excluding hydrogens is 320 g/mol. The van der Waals surface area contributed by atoms with Gasteiger partial charge in [0.2, 0.25) is 5.75 Å². The lowest BCUT2D eigenvalue weighted by Crippen LogP contribution is -2.02. The van der Waals surface area contributed by atoms with Crippen molar-refractivity contribution in [3.8, 4) is 17.2 Å². The van der Waals surface area contributed by atoms with Crippen LogP contribution in [0.2, 0.25) is 0 Å². The first-order valence-electron chi connectivity index (χ1n) is 8.10. The molecule has 4 heteroatoms. The van der Waals surface area contributed by atoms with E-state index in [0.717, 1.165) is 24.3 Å². The quantitative estimate of drug-likeness (QED) is 0.727. The lowest BCUT2D eigenvalue weighted by atomic mass is 9.92. The Morgan fingerprint density at radius 1 is 0.958 bits per heavy atom. The van der Waals surface area contributed by atoms with Crippen molar-refractivity contribution in [2.75, 3.05) is 27.6 Å². The minimum atomic E-state index is 0.372. The molecule has 0 spiro atoms. The van der Waals surface area contributed by atoms with Crippen LogP contribution in [0.1, 0.15) is 34.6 Å². The number of benzene rings is 2. The highest BCUT2D eigenvalue weighted by Gasteiger charge is 2.29. The largest absolute Gasteiger partial charge is 0.493 e. The van der Waals surface area contributed by atoms with Gasteiger partial charge in [-0.2, -0.15) is 0 Å². The van der Waals surface area contributed by atoms with E-state index in [1.165, 1.54) is 27.1 Å². The lowest BCUT2D eigenvalue weighted by Gasteiger charge is -2.20. The van der Waals surface area contributed by atoms with Crippen molar-refractivity contribution in [1.82, 2.24) is 0 Å². The maximum Gasteiger partial charge on any atom is 0.203 e. The van der Waals surface area contributed by atoms with Crippen LogP contribution >= 0.6 is 11.8 Å². The summed E-state index contributed by atoms with van der Waals surface area (Å²) in [6.45, 7) is 2.17. The molecule has 0 amide bonds. The van der Waals surface area contributed by atoms with Gasteiger partial charge in [0.15, 0.2) is 11.5 Å². The number of rotatable bonds is 5. The highest BCUT2D eigenvalue weighted by Crippen LogP contribution is 2.47. The van der Waals surface area contributed by atoms with Gasteiger partial charge in [-0.25, -0.2) is 0 Å². The van der Waals surface area contributed by atoms with E-state index in [2.05, 4.69) is 37.4 Å². The van der Waals surface area contributed by atoms with Crippen LogP contribution in [0.3, 0.4) is 0 Å². The summed E-state index contributed by atoms with van der Waals surface area (Å²) < 4.78 is 16.5. The first-order chi connectivity index (χ1) is 11.6. The fourth-order valence-electron chi connectivity index (χ4n) is 3.69. The maximum absolute atomic E-state index is 5.53. The molecule has 1 unspecified atom stereocenters. The van der Waals surface area contributed by atoms with Crippen LogP contribution in [-0.2, 0) is 6.42 Å². The predicted molar refractivity (Wildman–Crippen MR) is 99.2 cm³/mol. The van der Waals surface area contributed by atoms with E-state index in [-0.39, 0.29) is 0 Å². The van der Waals surface area contributed by atoms with Gasteiger partial charge in [0.25, 0.3) is 0 Å². The summed E-state index contributed by atoms with van der Waals surface area (Å²) in [7, 11) is 4.97. The summed E-state index contributed by atoms with van der Waals surface area (Å²) in [5.74, 6) is 2.46. The maximum atomic E-state index is 5.53. The van der Waals surface area contributed by atoms with Gasteiger partial charge in [-0.1, -0.05) is 6.07 Å². The van der Waals surface area contributed by atoms with Crippen LogP contribution in [0.25, 0.3) is 0 Å². The fourth-order valence-corrected chi connectivity index (χ4v) is 4.49. The molecule has 1 aliphatic carbocycles. The Kier molecular flexibility index (Phi) is 4.95. The number of methoxy groups -OCH3 is 3. The van der Waals surface area contributed by atoms with Crippen LogP contribution in [0.4, 0.5) is 0 Å². The minimum absolute atomic E-state index is 0.372. The van der Waals surface area contributed by atoms with E-state index in [0.29, 0.717) is 11.7 Å². The number of hydrogen-bond acceptors (Lipinski definition) is 4. The SMILES string of the molecule is COc1cc(C2CCc3cc(C)cc(SC)c32)cc(OC)c1OC. The van der Waals surface area contributed by atoms with Crippen LogP contribution < -0.4 is 14.2 Å². The summed E-state index contributed by atoms with van der Waals surface area (Å²) in [6.07, 6.45) is 4.39. The van der Waals surface area contributed by atoms with E-state index in [1.54, 1.807) is 21.3 Å². The molecule has 2 aromatic carbocycles. The van der Waals surface area contributed by atoms with E-state index in [1.807, 2.05) is 11.8 Å². The minimum Gasteiger partial charge on any atom is -0.493 e. The van der Waals surface area contributed by atoms with Gasteiger partial charge in [-0.3, -0.25) is 0 Å². The zero-order chi connectivity index (χ0) is 17.3. The number of thioether (sulfide) groups is 1. The van der Waals surface area contributed by atoms with Crippen LogP contribution in [0, 0.1) is 6.92 Å². The van der Waals surface area contributed by atoms with Crippen molar-refractivity contribution in [3.05, 3.63) is 46.5 Å². The van der Waals surface area contributed by atoms with Gasteiger partial charge in [-0.15, -0.1) is 11.8 Å². The summed E-state index contributed by atoms with van der Waals surface area (Å²) in [4.78, 5) is 1.38. The van der Waals surface area contributed by atoms with Crippen molar-refractivity contribution in [2.24, 2.45) is 0 Å². The monoisotopic (exact) mass is 344 g/mol. The first kappa shape index (κ1) is 17.0. The second kappa shape index (κ2) is 6.98. The Balaban J connectivity index is 2.13. The second-order valence-corrected chi connectivity index (χ2v) is 6.94. The van der Waals surface area contributed by atoms with Gasteiger partial charge in [0.1, 0.15) is 0 Å². The Morgan fingerprint density at radius 3 is 2.17 bits per heavy atom. The molecule has 1 aliphatic rings. The Morgan fingerprint density at radius 2 is 1.62 bits per heavy atom. The van der Waals surface area contributed by atoms with Crippen LogP contribution in [0.15, 0.2) is 29.2 Å². The first-order valence-corrected chi connectivity index (χ1v) is 9.32. The average molecular weight is 344 g/mol. The molecule has 1 atom stereocenters. The molecule has 3 nitrogen and oxygen atoms in total. The van der Waals surface area contributed by atoms with Gasteiger partial charge >= 0.3 is 0 Å². The topological polar surface area (TPSA) is 27.7 Å². The van der Waals surface area contributed by atoms with E-state index >= 15 is 0 Å². The van der Waals surface area contributed by atoms with Gasteiger partial charge in [-0.05, 0) is 66.5 Å². The molecule has 0 saturated carbocycles. The summed E-state index contributed by atoms with van der Waals surface area (Å²) in [5, 5.41) is 0. The third-order valence-corrected chi connectivity index (χ3v) is 5.51. The standard InChI is InChI=1S/C20H24O3S/c1-12-8-13-6-7-15(19(13)18(9-12)24-5)14-10-16(21-2)20(23-4)17(11-14)22-3/h8-11,15H,6-7H2,1-5H3. The van der Waals surface area contributed by atoms with Crippen molar-refractivity contribution in [2.45, 2.75) is 30.6 Å². The third kappa shape index (κ3) is 2.84. The van der Waals surface area contributed by atoms with E-state index < -0.39 is 0 Å². The van der Waals surface area contributed by atoms with Crippen molar-refractivity contribution >= 4 is 11.8 Å². The molecule has 0 saturated heterocycles. The van der Waals surface area contributed by atoms with Gasteiger partial charge < -0.3 is 14.2 Å². The molecule has 24 heavy (non-hydrogen) atoms. The molecule has 0 N–H and O–H groups in total. The molecular formula is C20H24O3S. The molecule has 3 rings (SSSR count). The summed E-state index contributed by atoms with van der Waals surface area (Å²) in [5.41, 5.74) is 5.49. The highest BCUT2D eigenvalue weighted by atomic mass is 32.2. The lowest BCUT2D eigenvalue weighted by molar-refractivity contribution is 0.323. The predicted octanol–water partition coefficient (Wildman–Crippen LogP) is 4.82. The molecule has 0 aromatic heterocycles. The van der Waals surface area contributed by atoms with Crippen LogP contribution in [0.5, 0.6) is 17.2 Å². The Labute approximate surface area is 148 Å². The Bertz CT molecular complexity index is 730. The molecule has 0 aliphatic heterocycles. The van der Waals surface area contributed by atoms with Crippen molar-refractivity contribution < 1.29 is 14.2 Å². The van der Waals surface area contributed by atoms with E-state index in [4.69, 9.17) is 14.2 Å². The smallest absolute Gasteiger partial charge is 0.203 e. The summed E-state index contributed by atoms with van der Waals surface area (Å²) >= 11 is 1.83. The molecule has 2 aromatic rings. The number of ether oxygens (including phenoxy) is 3. The molecule has 128 valence electrons. The zero-order valence-corrected chi connectivity index (χ0v) is 15.8. The number of hydrogen-bond donors (Lipinski definition) is 0. The van der Waals surface area contributed by atoms with Crippen molar-refractivity contribution in [1.29, 1.82) is 0 Å². The molecule has 0 bridgehead atoms. The fraction of sp³-hybridized carbons (Fsp3) is 0.400. The number of aryl methyl sites for hydroxylation is 2. The van der Waals surface area contributed by atoms with E-state index in [9.17, 15) is 0 Å². The van der Waals surface area contributed by atoms with Crippen molar-refractivity contribution in [3.63, 3.8) is 0 Å². The molecule has 0 heterocycles. The third-order valence-electron chi connectivity index (χ3n) is 4.73. The number of fused-ring (bicyclic) bond motifs is 1. The van der Waals surface area contributed by atoms with Gasteiger partial charge in [0.05, 0.1) is 21.3 Å². The molecule has 0 radical (unpaired) electrons. The Hall–Kier alpha value is -1.81. The normalized spacial score (nSPS) is 16.0. The summed E-state index contributed by atoms with van der Waals surface area (Å²) in [6, 6.07) is 8.79. The van der Waals surface area contributed by atoms with Crippen LogP contribution in [-0.4, -0.2) is 27.6 Å². The second-order valence-electron chi connectivity index (χ2n) is 6.09. The average Bonchev–Trinajstić information content (AvgIpc) is 3.03.